The zero-order valence-electron chi connectivity index (χ0n) is 8.44. The molecule has 76 valence electrons. The maximum absolute atomic E-state index is 10.9. The molecule has 1 aromatic heterocycles. The second-order valence-corrected chi connectivity index (χ2v) is 4.51. The van der Waals surface area contributed by atoms with Crippen LogP contribution >= 0.6 is 11.3 Å². The molecule has 0 spiro atoms. The van der Waals surface area contributed by atoms with Gasteiger partial charge >= 0.3 is 5.97 Å². The Morgan fingerprint density at radius 2 is 2.06 bits per heavy atom. The number of thiophene rings is 1. The fraction of sp³-hybridized carbons (Fsp3) is 0.100. The van der Waals surface area contributed by atoms with E-state index in [1.807, 2.05) is 0 Å². The summed E-state index contributed by atoms with van der Waals surface area (Å²) in [4.78, 5) is 11.2. The van der Waals surface area contributed by atoms with Gasteiger partial charge in [0.1, 0.15) is 26.3 Å². The maximum atomic E-state index is 10.9. The van der Waals surface area contributed by atoms with E-state index in [1.165, 1.54) is 6.07 Å². The van der Waals surface area contributed by atoms with E-state index >= 15 is 0 Å². The summed E-state index contributed by atoms with van der Waals surface area (Å²) in [6.45, 7) is 1.66. The first-order chi connectivity index (χ1) is 7.43. The second kappa shape index (κ2) is 3.56. The summed E-state index contributed by atoms with van der Waals surface area (Å²) in [7, 11) is 11.3. The Kier molecular flexibility index (Phi) is 2.46. The smallest absolute Gasteiger partial charge is 0.346 e. The van der Waals surface area contributed by atoms with Crippen LogP contribution in [0.2, 0.25) is 0 Å². The first-order valence-electron chi connectivity index (χ1n) is 4.46. The highest BCUT2D eigenvalue weighted by Gasteiger charge is 2.17. The van der Waals surface area contributed by atoms with Crippen molar-refractivity contribution >= 4 is 54.0 Å². The van der Waals surface area contributed by atoms with E-state index < -0.39 is 5.97 Å². The molecule has 1 heterocycles. The third-order valence-corrected chi connectivity index (χ3v) is 3.68. The lowest BCUT2D eigenvalue weighted by Crippen LogP contribution is -2.15. The van der Waals surface area contributed by atoms with Crippen molar-refractivity contribution in [3.63, 3.8) is 0 Å². The van der Waals surface area contributed by atoms with Crippen molar-refractivity contribution in [1.82, 2.24) is 0 Å². The number of carboxylic acid groups (broad SMARTS) is 1. The lowest BCUT2D eigenvalue weighted by atomic mass is 9.82. The molecule has 4 radical (unpaired) electrons. The van der Waals surface area contributed by atoms with Crippen molar-refractivity contribution in [2.75, 3.05) is 0 Å². The van der Waals surface area contributed by atoms with Crippen LogP contribution in [0.3, 0.4) is 0 Å². The Labute approximate surface area is 98.5 Å². The molecule has 2 N–H and O–H groups in total. The third-order valence-electron chi connectivity index (χ3n) is 2.45. The van der Waals surface area contributed by atoms with E-state index in [0.29, 0.717) is 15.6 Å². The molecule has 0 unspecified atom stereocenters. The van der Waals surface area contributed by atoms with Gasteiger partial charge in [0.15, 0.2) is 0 Å². The predicted molar refractivity (Wildman–Crippen MR) is 66.0 cm³/mol. The zero-order chi connectivity index (χ0) is 12.0. The van der Waals surface area contributed by atoms with Crippen LogP contribution in [-0.4, -0.2) is 31.9 Å². The quantitative estimate of drug-likeness (QED) is 0.685. The molecule has 0 fully saturated rings. The van der Waals surface area contributed by atoms with Crippen molar-refractivity contribution < 1.29 is 15.0 Å². The number of aromatic hydroxyl groups is 1. The van der Waals surface area contributed by atoms with Crippen LogP contribution < -0.4 is 10.9 Å². The summed E-state index contributed by atoms with van der Waals surface area (Å²) in [6.07, 6.45) is 0. The molecule has 0 saturated carbocycles. The van der Waals surface area contributed by atoms with Crippen molar-refractivity contribution in [3.8, 4) is 5.75 Å². The number of hydrogen-bond donors (Lipinski definition) is 2. The van der Waals surface area contributed by atoms with E-state index in [1.54, 1.807) is 6.92 Å². The monoisotopic (exact) mass is 228 g/mol. The molecule has 2 rings (SSSR count). The number of benzene rings is 1. The highest BCUT2D eigenvalue weighted by molar-refractivity contribution is 7.21. The van der Waals surface area contributed by atoms with Crippen molar-refractivity contribution in [2.24, 2.45) is 0 Å². The van der Waals surface area contributed by atoms with Crippen molar-refractivity contribution in [1.29, 1.82) is 0 Å². The van der Waals surface area contributed by atoms with Gasteiger partial charge in [-0.1, -0.05) is 5.46 Å². The van der Waals surface area contributed by atoms with Crippen LogP contribution in [-0.2, 0) is 0 Å². The Hall–Kier alpha value is -1.42. The fourth-order valence-corrected chi connectivity index (χ4v) is 2.77. The minimum absolute atomic E-state index is 0.135. The van der Waals surface area contributed by atoms with Gasteiger partial charge in [-0.05, 0) is 29.4 Å². The molecule has 0 atom stereocenters. The molecule has 16 heavy (non-hydrogen) atoms. The summed E-state index contributed by atoms with van der Waals surface area (Å²) in [5.74, 6) is -1.19. The van der Waals surface area contributed by atoms with Gasteiger partial charge in [-0.15, -0.1) is 11.3 Å². The SMILES string of the molecule is [B]c1cc2sc(C(=O)O)c(C)c2c([B])c1O. The molecule has 0 amide bonds. The number of aryl methyl sites for hydroxylation is 1. The molecule has 3 nitrogen and oxygen atoms in total. The Balaban J connectivity index is 2.93. The number of aromatic carboxylic acids is 1. The average molecular weight is 228 g/mol. The largest absolute Gasteiger partial charge is 0.509 e. The van der Waals surface area contributed by atoms with Crippen LogP contribution in [0.5, 0.6) is 5.75 Å². The normalized spacial score (nSPS) is 10.8. The van der Waals surface area contributed by atoms with Gasteiger partial charge in [0.05, 0.1) is 0 Å². The van der Waals surface area contributed by atoms with E-state index in [-0.39, 0.29) is 21.6 Å². The molecule has 1 aromatic carbocycles. The summed E-state index contributed by atoms with van der Waals surface area (Å²) in [6, 6.07) is 1.53. The second-order valence-electron chi connectivity index (χ2n) is 3.46. The summed E-state index contributed by atoms with van der Waals surface area (Å²) >= 11 is 1.10. The molecule has 6 heteroatoms. The van der Waals surface area contributed by atoms with Gasteiger partial charge in [-0.2, -0.15) is 0 Å². The fourth-order valence-electron chi connectivity index (χ4n) is 1.66. The minimum atomic E-state index is -1.00. The molecule has 0 saturated heterocycles. The number of rotatable bonds is 1. The topological polar surface area (TPSA) is 57.5 Å². The molecular formula is C10H6B2O3S. The molecule has 2 aromatic rings. The number of carboxylic acids is 1. The van der Waals surface area contributed by atoms with E-state index in [2.05, 4.69) is 0 Å². The van der Waals surface area contributed by atoms with E-state index in [4.69, 9.17) is 20.8 Å². The first-order valence-corrected chi connectivity index (χ1v) is 5.28. The van der Waals surface area contributed by atoms with Crippen molar-refractivity contribution in [3.05, 3.63) is 16.5 Å². The number of fused-ring (bicyclic) bond motifs is 1. The molecule has 0 aliphatic carbocycles. The van der Waals surface area contributed by atoms with Crippen LogP contribution in [0.15, 0.2) is 6.07 Å². The Morgan fingerprint density at radius 1 is 1.44 bits per heavy atom. The molecular weight excluding hydrogens is 222 g/mol. The van der Waals surface area contributed by atoms with Crippen LogP contribution in [0.4, 0.5) is 0 Å². The van der Waals surface area contributed by atoms with Gasteiger partial charge in [0.2, 0.25) is 0 Å². The predicted octanol–water partition coefficient (Wildman–Crippen LogP) is 0.201. The standard InChI is InChI=1S/C10H6B2O3S/c1-3-6-5(16-9(3)10(14)15)2-4(11)8(13)7(6)12/h2,13H,1H3,(H,14,15). The average Bonchev–Trinajstić information content (AvgIpc) is 2.52. The van der Waals surface area contributed by atoms with Crippen LogP contribution in [0.1, 0.15) is 15.2 Å². The lowest BCUT2D eigenvalue weighted by molar-refractivity contribution is 0.0701. The maximum Gasteiger partial charge on any atom is 0.346 e. The van der Waals surface area contributed by atoms with Crippen molar-refractivity contribution in [2.45, 2.75) is 6.92 Å². The molecule has 0 aliphatic rings. The molecule has 0 aliphatic heterocycles. The number of carbonyl (C=O) groups is 1. The Bertz CT molecular complexity index is 604. The zero-order valence-corrected chi connectivity index (χ0v) is 9.26. The third kappa shape index (κ3) is 1.41. The Morgan fingerprint density at radius 3 is 2.62 bits per heavy atom. The van der Waals surface area contributed by atoms with Gasteiger partial charge in [0, 0.05) is 4.70 Å². The van der Waals surface area contributed by atoms with Gasteiger partial charge < -0.3 is 10.2 Å². The first kappa shape index (κ1) is 11.1. The number of hydrogen-bond acceptors (Lipinski definition) is 3. The highest BCUT2D eigenvalue weighted by atomic mass is 32.1. The van der Waals surface area contributed by atoms with E-state index in [9.17, 15) is 9.90 Å². The summed E-state index contributed by atoms with van der Waals surface area (Å²) in [5, 5.41) is 19.1. The minimum Gasteiger partial charge on any atom is -0.509 e. The summed E-state index contributed by atoms with van der Waals surface area (Å²) < 4.78 is 0.669. The lowest BCUT2D eigenvalue weighted by Gasteiger charge is -2.06. The molecule has 0 bridgehead atoms. The van der Waals surface area contributed by atoms with Crippen LogP contribution in [0.25, 0.3) is 10.1 Å². The van der Waals surface area contributed by atoms with Gasteiger partial charge in [0.25, 0.3) is 0 Å². The van der Waals surface area contributed by atoms with Gasteiger partial charge in [-0.3, -0.25) is 0 Å². The number of phenolic OH excluding ortho intramolecular Hbond substituents is 1. The van der Waals surface area contributed by atoms with Crippen LogP contribution in [0, 0.1) is 6.92 Å². The highest BCUT2D eigenvalue weighted by Crippen LogP contribution is 2.30. The summed E-state index contributed by atoms with van der Waals surface area (Å²) in [5.41, 5.74) is 0.847. The number of phenols is 1. The van der Waals surface area contributed by atoms with Gasteiger partial charge in [-0.25, -0.2) is 4.79 Å². The van der Waals surface area contributed by atoms with E-state index in [0.717, 1.165) is 11.3 Å².